The summed E-state index contributed by atoms with van der Waals surface area (Å²) in [7, 11) is 0. The predicted molar refractivity (Wildman–Crippen MR) is 62.1 cm³/mol. The molecule has 0 bridgehead atoms. The van der Waals surface area contributed by atoms with E-state index in [9.17, 15) is 4.79 Å². The zero-order valence-corrected chi connectivity index (χ0v) is 9.80. The Labute approximate surface area is 96.3 Å². The molecule has 0 aliphatic heterocycles. The first kappa shape index (κ1) is 12.7. The fourth-order valence-corrected chi connectivity index (χ4v) is 1.78. The monoisotopic (exact) mass is 224 g/mol. The smallest absolute Gasteiger partial charge is 0.303 e. The van der Waals surface area contributed by atoms with E-state index in [1.807, 2.05) is 19.4 Å². The van der Waals surface area contributed by atoms with Gasteiger partial charge in [0.1, 0.15) is 0 Å². The van der Waals surface area contributed by atoms with Crippen molar-refractivity contribution >= 4 is 5.97 Å². The molecule has 0 fully saturated rings. The van der Waals surface area contributed by atoms with Crippen molar-refractivity contribution in [2.75, 3.05) is 0 Å². The highest BCUT2D eigenvalue weighted by molar-refractivity contribution is 5.66. The third-order valence-electron chi connectivity index (χ3n) is 2.70. The molecule has 16 heavy (non-hydrogen) atoms. The number of hydrogen-bond acceptors (Lipinski definition) is 2. The lowest BCUT2D eigenvalue weighted by Crippen LogP contribution is -2.04. The Morgan fingerprint density at radius 2 is 2.25 bits per heavy atom. The molecular weight excluding hydrogens is 204 g/mol. The van der Waals surface area contributed by atoms with Gasteiger partial charge in [-0.2, -0.15) is 0 Å². The highest BCUT2D eigenvalue weighted by Crippen LogP contribution is 2.13. The van der Waals surface area contributed by atoms with E-state index in [1.54, 1.807) is 6.20 Å². The summed E-state index contributed by atoms with van der Waals surface area (Å²) in [5.41, 5.74) is 0. The van der Waals surface area contributed by atoms with Crippen LogP contribution in [0.15, 0.2) is 18.7 Å². The van der Waals surface area contributed by atoms with Gasteiger partial charge in [-0.1, -0.05) is 26.2 Å². The molecule has 0 amide bonds. The zero-order chi connectivity index (χ0) is 11.8. The Kier molecular flexibility index (Phi) is 5.61. The standard InChI is InChI=1S/C12H20N2O2/c1-11(9-12(15)16)5-3-2-4-7-14-8-6-13-10-14/h6,8,10-11H,2-5,7,9H2,1H3,(H,15,16). The summed E-state index contributed by atoms with van der Waals surface area (Å²) < 4.78 is 2.07. The fourth-order valence-electron chi connectivity index (χ4n) is 1.78. The average molecular weight is 224 g/mol. The van der Waals surface area contributed by atoms with Crippen LogP contribution >= 0.6 is 0 Å². The summed E-state index contributed by atoms with van der Waals surface area (Å²) >= 11 is 0. The van der Waals surface area contributed by atoms with Crippen molar-refractivity contribution in [3.8, 4) is 0 Å². The number of rotatable bonds is 8. The molecule has 4 nitrogen and oxygen atoms in total. The van der Waals surface area contributed by atoms with Crippen molar-refractivity contribution < 1.29 is 9.90 Å². The van der Waals surface area contributed by atoms with Crippen molar-refractivity contribution in [1.82, 2.24) is 9.55 Å². The van der Waals surface area contributed by atoms with Crippen molar-refractivity contribution in [2.45, 2.75) is 45.6 Å². The molecular formula is C12H20N2O2. The largest absolute Gasteiger partial charge is 0.481 e. The number of carboxylic acids is 1. The predicted octanol–water partition coefficient (Wildman–Crippen LogP) is 2.55. The molecule has 0 aliphatic rings. The molecule has 1 unspecified atom stereocenters. The first-order chi connectivity index (χ1) is 7.68. The molecule has 90 valence electrons. The molecule has 1 heterocycles. The Balaban J connectivity index is 1.97. The van der Waals surface area contributed by atoms with E-state index in [2.05, 4.69) is 9.55 Å². The molecule has 4 heteroatoms. The number of carboxylic acid groups (broad SMARTS) is 1. The zero-order valence-electron chi connectivity index (χ0n) is 9.80. The second-order valence-electron chi connectivity index (χ2n) is 4.35. The van der Waals surface area contributed by atoms with Crippen LogP contribution < -0.4 is 0 Å². The first-order valence-electron chi connectivity index (χ1n) is 5.86. The van der Waals surface area contributed by atoms with Crippen LogP contribution in [0.1, 0.15) is 39.0 Å². The molecule has 1 aromatic rings. The van der Waals surface area contributed by atoms with Gasteiger partial charge in [0.25, 0.3) is 0 Å². The molecule has 1 rings (SSSR count). The number of unbranched alkanes of at least 4 members (excludes halogenated alkanes) is 2. The molecule has 0 saturated carbocycles. The van der Waals surface area contributed by atoms with E-state index >= 15 is 0 Å². The number of aliphatic carboxylic acids is 1. The van der Waals surface area contributed by atoms with E-state index < -0.39 is 5.97 Å². The Morgan fingerprint density at radius 3 is 2.88 bits per heavy atom. The van der Waals surface area contributed by atoms with Crippen LogP contribution in [0.5, 0.6) is 0 Å². The second-order valence-corrected chi connectivity index (χ2v) is 4.35. The van der Waals surface area contributed by atoms with Crippen molar-refractivity contribution in [3.63, 3.8) is 0 Å². The SMILES string of the molecule is CC(CCCCCn1ccnc1)CC(=O)O. The Bertz CT molecular complexity index is 296. The molecule has 0 saturated heterocycles. The maximum Gasteiger partial charge on any atom is 0.303 e. The Morgan fingerprint density at radius 1 is 1.44 bits per heavy atom. The molecule has 1 atom stereocenters. The van der Waals surface area contributed by atoms with Gasteiger partial charge in [-0.05, 0) is 12.3 Å². The van der Waals surface area contributed by atoms with Gasteiger partial charge >= 0.3 is 5.97 Å². The number of carbonyl (C=O) groups is 1. The average Bonchev–Trinajstić information content (AvgIpc) is 2.68. The van der Waals surface area contributed by atoms with E-state index in [-0.39, 0.29) is 0 Å². The van der Waals surface area contributed by atoms with Gasteiger partial charge in [0, 0.05) is 25.4 Å². The topological polar surface area (TPSA) is 55.1 Å². The summed E-state index contributed by atoms with van der Waals surface area (Å²) in [6, 6.07) is 0. The van der Waals surface area contributed by atoms with E-state index in [0.717, 1.165) is 32.2 Å². The lowest BCUT2D eigenvalue weighted by molar-refractivity contribution is -0.138. The van der Waals surface area contributed by atoms with Crippen LogP contribution in [0.25, 0.3) is 0 Å². The van der Waals surface area contributed by atoms with Crippen molar-refractivity contribution in [3.05, 3.63) is 18.7 Å². The van der Waals surface area contributed by atoms with Crippen LogP contribution in [-0.2, 0) is 11.3 Å². The lowest BCUT2D eigenvalue weighted by Gasteiger charge is -2.08. The second kappa shape index (κ2) is 7.04. The van der Waals surface area contributed by atoms with Crippen LogP contribution in [0.4, 0.5) is 0 Å². The van der Waals surface area contributed by atoms with Gasteiger partial charge < -0.3 is 9.67 Å². The third-order valence-corrected chi connectivity index (χ3v) is 2.70. The van der Waals surface area contributed by atoms with Gasteiger partial charge in [-0.25, -0.2) is 4.98 Å². The van der Waals surface area contributed by atoms with Gasteiger partial charge in [-0.15, -0.1) is 0 Å². The number of imidazole rings is 1. The molecule has 0 aliphatic carbocycles. The van der Waals surface area contributed by atoms with Crippen LogP contribution in [-0.4, -0.2) is 20.6 Å². The van der Waals surface area contributed by atoms with Crippen LogP contribution in [0.3, 0.4) is 0 Å². The summed E-state index contributed by atoms with van der Waals surface area (Å²) in [4.78, 5) is 14.4. The highest BCUT2D eigenvalue weighted by Gasteiger charge is 2.06. The van der Waals surface area contributed by atoms with Gasteiger partial charge in [0.2, 0.25) is 0 Å². The number of nitrogens with zero attached hydrogens (tertiary/aromatic N) is 2. The number of aryl methyl sites for hydroxylation is 1. The highest BCUT2D eigenvalue weighted by atomic mass is 16.4. The first-order valence-corrected chi connectivity index (χ1v) is 5.86. The number of aromatic nitrogens is 2. The molecule has 0 aromatic carbocycles. The normalized spacial score (nSPS) is 12.6. The molecule has 0 spiro atoms. The minimum atomic E-state index is -0.689. The van der Waals surface area contributed by atoms with Crippen molar-refractivity contribution in [2.24, 2.45) is 5.92 Å². The van der Waals surface area contributed by atoms with Gasteiger partial charge in [0.05, 0.1) is 6.33 Å². The van der Waals surface area contributed by atoms with Crippen molar-refractivity contribution in [1.29, 1.82) is 0 Å². The maximum atomic E-state index is 10.4. The van der Waals surface area contributed by atoms with Crippen LogP contribution in [0.2, 0.25) is 0 Å². The minimum Gasteiger partial charge on any atom is -0.481 e. The summed E-state index contributed by atoms with van der Waals surface area (Å²) in [5.74, 6) is -0.392. The van der Waals surface area contributed by atoms with Crippen LogP contribution in [0, 0.1) is 5.92 Å². The van der Waals surface area contributed by atoms with E-state index in [0.29, 0.717) is 12.3 Å². The third kappa shape index (κ3) is 5.53. The minimum absolute atomic E-state index is 0.293. The summed E-state index contributed by atoms with van der Waals surface area (Å²) in [6.07, 6.45) is 10.3. The fraction of sp³-hybridized carbons (Fsp3) is 0.667. The van der Waals surface area contributed by atoms with Gasteiger partial charge in [-0.3, -0.25) is 4.79 Å². The summed E-state index contributed by atoms with van der Waals surface area (Å²) in [6.45, 7) is 3.01. The quantitative estimate of drug-likeness (QED) is 0.690. The molecule has 0 radical (unpaired) electrons. The lowest BCUT2D eigenvalue weighted by atomic mass is 10.00. The molecule has 1 N–H and O–H groups in total. The Hall–Kier alpha value is -1.32. The van der Waals surface area contributed by atoms with E-state index in [1.165, 1.54) is 0 Å². The van der Waals surface area contributed by atoms with Gasteiger partial charge in [0.15, 0.2) is 0 Å². The summed E-state index contributed by atoms with van der Waals surface area (Å²) in [5, 5.41) is 8.60. The molecule has 1 aromatic heterocycles. The number of hydrogen-bond donors (Lipinski definition) is 1. The van der Waals surface area contributed by atoms with E-state index in [4.69, 9.17) is 5.11 Å². The maximum absolute atomic E-state index is 10.4.